The lowest BCUT2D eigenvalue weighted by atomic mass is 9.93. The summed E-state index contributed by atoms with van der Waals surface area (Å²) in [7, 11) is -0.480. The average molecular weight is 677 g/mol. The van der Waals surface area contributed by atoms with Crippen LogP contribution in [-0.2, 0) is 24.4 Å². The van der Waals surface area contributed by atoms with Crippen LogP contribution in [-0.4, -0.2) is 83.4 Å². The second-order valence-electron chi connectivity index (χ2n) is 13.4. The number of rotatable bonds is 7. The highest BCUT2D eigenvalue weighted by Crippen LogP contribution is 2.47. The summed E-state index contributed by atoms with van der Waals surface area (Å²) in [5.74, 6) is -1.67. The molecule has 3 aliphatic carbocycles. The molecule has 0 saturated heterocycles. The van der Waals surface area contributed by atoms with Gasteiger partial charge in [-0.05, 0) is 87.1 Å². The molecule has 3 saturated carbocycles. The van der Waals surface area contributed by atoms with Gasteiger partial charge >= 0.3 is 0 Å². The lowest BCUT2D eigenvalue weighted by Crippen LogP contribution is -2.54. The van der Waals surface area contributed by atoms with E-state index in [1.165, 1.54) is 0 Å². The largest absolute Gasteiger partial charge is 0.497 e. The van der Waals surface area contributed by atoms with Gasteiger partial charge in [0.05, 0.1) is 24.2 Å². The van der Waals surface area contributed by atoms with Crippen molar-refractivity contribution in [2.24, 2.45) is 17.8 Å². The fourth-order valence-corrected chi connectivity index (χ4v) is 8.34. The van der Waals surface area contributed by atoms with E-state index >= 15 is 0 Å². The molecule has 48 heavy (non-hydrogen) atoms. The van der Waals surface area contributed by atoms with E-state index in [9.17, 15) is 22.8 Å². The van der Waals surface area contributed by atoms with E-state index in [2.05, 4.69) is 15.1 Å². The highest BCUT2D eigenvalue weighted by molar-refractivity contribution is 7.91. The summed E-state index contributed by atoms with van der Waals surface area (Å²) >= 11 is 0. The van der Waals surface area contributed by atoms with Crippen molar-refractivity contribution in [3.63, 3.8) is 0 Å². The second-order valence-corrected chi connectivity index (χ2v) is 15.3. The molecule has 4 aliphatic rings. The minimum Gasteiger partial charge on any atom is -0.497 e. The minimum atomic E-state index is -3.82. The van der Waals surface area contributed by atoms with Crippen LogP contribution in [0.25, 0.3) is 16.6 Å². The summed E-state index contributed by atoms with van der Waals surface area (Å²) in [5.41, 5.74) is -1.40. The number of nitrogens with zero attached hydrogens (tertiary/aromatic N) is 4. The number of carbonyl (C=O) groups is 3. The van der Waals surface area contributed by atoms with Gasteiger partial charge in [0.1, 0.15) is 17.4 Å². The molecular weight excluding hydrogens is 636 g/mol. The van der Waals surface area contributed by atoms with Gasteiger partial charge in [-0.15, -0.1) is 0 Å². The van der Waals surface area contributed by atoms with Gasteiger partial charge < -0.3 is 19.7 Å². The van der Waals surface area contributed by atoms with Crippen molar-refractivity contribution >= 4 is 38.5 Å². The molecule has 0 bridgehead atoms. The van der Waals surface area contributed by atoms with Gasteiger partial charge in [0.25, 0.3) is 5.91 Å². The molecule has 3 amide bonds. The fourth-order valence-electron chi connectivity index (χ4n) is 6.98. The number of pyridine rings is 1. The zero-order valence-corrected chi connectivity index (χ0v) is 27.8. The Balaban J connectivity index is 1.19. The zero-order chi connectivity index (χ0) is 33.6. The molecule has 3 heterocycles. The first-order valence-electron chi connectivity index (χ1n) is 16.5. The van der Waals surface area contributed by atoms with Crippen molar-refractivity contribution < 1.29 is 32.3 Å². The lowest BCUT2D eigenvalue weighted by molar-refractivity contribution is -0.140. The van der Waals surface area contributed by atoms with Crippen molar-refractivity contribution in [3.8, 4) is 17.4 Å². The predicted molar refractivity (Wildman–Crippen MR) is 176 cm³/mol. The number of aromatic nitrogens is 3. The summed E-state index contributed by atoms with van der Waals surface area (Å²) in [6, 6.07) is 9.23. The van der Waals surface area contributed by atoms with Gasteiger partial charge in [-0.1, -0.05) is 12.2 Å². The Morgan fingerprint density at radius 3 is 2.69 bits per heavy atom. The minimum absolute atomic E-state index is 0.163. The smallest absolute Gasteiger partial charge is 0.259 e. The monoisotopic (exact) mass is 676 g/mol. The number of hydrogen-bond donors (Lipinski definition) is 2. The molecule has 3 aromatic rings. The first kappa shape index (κ1) is 32.1. The molecule has 0 spiro atoms. The SMILES string of the molecule is COc1ccc2c(OC3CC4C(=O)NC5(C(=O)NS(=O)(=O)C6CC6)CC5/C=C/CCCCN(C)C(=O)C4C3)nc(-n3cccn3)cc2c1. The standard InChI is InChI=1S/C34H40N6O7S/c1-39-14-6-4-3-5-8-22-20-34(22,33(43)38-48(44,45)25-10-11-25)37-30(41)27-18-24(19-28(27)32(39)42)47-31-26-12-9-23(46-2)16-21(26)17-29(36-31)40-15-7-13-35-40/h5,7-9,12-13,15-17,22,24-25,27-28H,3-4,6,10-11,14,18-20H2,1-2H3,(H,37,41)(H,38,43)/b8-5+. The molecule has 2 aromatic heterocycles. The maximum Gasteiger partial charge on any atom is 0.259 e. The second kappa shape index (κ2) is 12.5. The van der Waals surface area contributed by atoms with Crippen LogP contribution in [0.2, 0.25) is 0 Å². The fraction of sp³-hybridized carbons (Fsp3) is 0.500. The van der Waals surface area contributed by atoms with Gasteiger partial charge in [0.15, 0.2) is 5.82 Å². The van der Waals surface area contributed by atoms with Crippen molar-refractivity contribution in [2.75, 3.05) is 20.7 Å². The maximum atomic E-state index is 14.1. The number of fused-ring (bicyclic) bond motifs is 3. The number of nitrogens with one attached hydrogen (secondary N) is 2. The number of hydrogen-bond acceptors (Lipinski definition) is 9. The van der Waals surface area contributed by atoms with Crippen molar-refractivity contribution in [1.29, 1.82) is 0 Å². The Hall–Kier alpha value is -4.46. The summed E-state index contributed by atoms with van der Waals surface area (Å²) in [5, 5.41) is 8.22. The molecule has 1 aliphatic heterocycles. The van der Waals surface area contributed by atoms with Crippen molar-refractivity contribution in [2.45, 2.75) is 68.3 Å². The van der Waals surface area contributed by atoms with E-state index in [1.807, 2.05) is 36.4 Å². The molecule has 14 heteroatoms. The van der Waals surface area contributed by atoms with Crippen LogP contribution >= 0.6 is 0 Å². The molecule has 0 radical (unpaired) electrons. The Labute approximate surface area is 279 Å². The van der Waals surface area contributed by atoms with Gasteiger partial charge in [0, 0.05) is 37.3 Å². The molecular formula is C34H40N6O7S. The normalized spacial score (nSPS) is 28.5. The summed E-state index contributed by atoms with van der Waals surface area (Å²) in [6.07, 6.45) is 10.9. The summed E-state index contributed by atoms with van der Waals surface area (Å²) in [4.78, 5) is 48.0. The summed E-state index contributed by atoms with van der Waals surface area (Å²) < 4.78 is 41.3. The number of methoxy groups -OCH3 is 1. The van der Waals surface area contributed by atoms with E-state index in [0.717, 1.165) is 30.0 Å². The van der Waals surface area contributed by atoms with E-state index in [0.29, 0.717) is 36.8 Å². The van der Waals surface area contributed by atoms with Gasteiger partial charge in [0.2, 0.25) is 27.7 Å². The Morgan fingerprint density at radius 1 is 1.12 bits per heavy atom. The van der Waals surface area contributed by atoms with Crippen molar-refractivity contribution in [1.82, 2.24) is 29.7 Å². The number of carbonyl (C=O) groups excluding carboxylic acids is 3. The Kier molecular flexibility index (Phi) is 8.38. The third-order valence-corrected chi connectivity index (χ3v) is 11.8. The van der Waals surface area contributed by atoms with Crippen LogP contribution in [0.5, 0.6) is 11.6 Å². The quantitative estimate of drug-likeness (QED) is 0.359. The number of benzene rings is 1. The number of allylic oxidation sites excluding steroid dienone is 1. The van der Waals surface area contributed by atoms with Crippen molar-refractivity contribution in [3.05, 3.63) is 54.9 Å². The zero-order valence-electron chi connectivity index (χ0n) is 27.0. The molecule has 2 N–H and O–H groups in total. The highest BCUT2D eigenvalue weighted by atomic mass is 32.2. The van der Waals surface area contributed by atoms with Gasteiger partial charge in [-0.25, -0.2) is 13.1 Å². The average Bonchev–Trinajstić information content (AvgIpc) is 3.93. The molecule has 1 aromatic carbocycles. The Bertz CT molecular complexity index is 1880. The number of ether oxygens (including phenoxy) is 2. The van der Waals surface area contributed by atoms with E-state index in [4.69, 9.17) is 14.5 Å². The Morgan fingerprint density at radius 2 is 1.94 bits per heavy atom. The molecule has 7 rings (SSSR count). The number of amides is 3. The number of sulfonamides is 1. The van der Waals surface area contributed by atoms with Crippen LogP contribution in [0.4, 0.5) is 0 Å². The van der Waals surface area contributed by atoms with Crippen LogP contribution in [0, 0.1) is 17.8 Å². The molecule has 254 valence electrons. The first-order valence-corrected chi connectivity index (χ1v) is 18.1. The van der Waals surface area contributed by atoms with Crippen LogP contribution < -0.4 is 19.5 Å². The van der Waals surface area contributed by atoms with E-state index in [-0.39, 0.29) is 31.1 Å². The lowest BCUT2D eigenvalue weighted by Gasteiger charge is -2.26. The first-order chi connectivity index (χ1) is 23.1. The molecule has 5 atom stereocenters. The maximum absolute atomic E-state index is 14.1. The van der Waals surface area contributed by atoms with Crippen LogP contribution in [0.15, 0.2) is 54.9 Å². The third kappa shape index (κ3) is 6.25. The van der Waals surface area contributed by atoms with E-state index < -0.39 is 50.6 Å². The van der Waals surface area contributed by atoms with E-state index in [1.54, 1.807) is 42.2 Å². The van der Waals surface area contributed by atoms with Crippen LogP contribution in [0.1, 0.15) is 51.4 Å². The predicted octanol–water partition coefficient (Wildman–Crippen LogP) is 2.88. The molecule has 13 nitrogen and oxygen atoms in total. The topological polar surface area (TPSA) is 162 Å². The summed E-state index contributed by atoms with van der Waals surface area (Å²) in [6.45, 7) is 0.553. The van der Waals surface area contributed by atoms with Crippen LogP contribution in [0.3, 0.4) is 0 Å². The molecule has 5 unspecified atom stereocenters. The van der Waals surface area contributed by atoms with Gasteiger partial charge in [-0.2, -0.15) is 10.1 Å². The third-order valence-electron chi connectivity index (χ3n) is 10.0. The molecule has 3 fully saturated rings. The van der Waals surface area contributed by atoms with Gasteiger partial charge in [-0.3, -0.25) is 19.1 Å². The highest BCUT2D eigenvalue weighted by Gasteiger charge is 2.62.